The van der Waals surface area contributed by atoms with Crippen molar-refractivity contribution in [1.82, 2.24) is 5.10 Å². The van der Waals surface area contributed by atoms with Gasteiger partial charge < -0.3 is 5.11 Å². The fourth-order valence-electron chi connectivity index (χ4n) is 0.760. The molecule has 0 spiro atoms. The molecule has 0 fully saturated rings. The van der Waals surface area contributed by atoms with Gasteiger partial charge in [-0.05, 0) is 5.10 Å². The summed E-state index contributed by atoms with van der Waals surface area (Å²) in [5, 5.41) is 12.0. The first kappa shape index (κ1) is 9.50. The van der Waals surface area contributed by atoms with E-state index in [-0.39, 0.29) is 5.56 Å². The Kier molecular flexibility index (Phi) is 2.84. The van der Waals surface area contributed by atoms with Crippen LogP contribution >= 0.6 is 0 Å². The number of carbonyl (C=O) groups is 1. The lowest BCUT2D eigenvalue weighted by molar-refractivity contribution is -0.761. The van der Waals surface area contributed by atoms with Crippen LogP contribution in [0.25, 0.3) is 0 Å². The molecule has 0 bridgehead atoms. The van der Waals surface area contributed by atoms with Gasteiger partial charge in [-0.2, -0.15) is 0 Å². The highest BCUT2D eigenvalue weighted by atomic mass is 19.3. The normalized spacial score (nSPS) is 10.4. The Morgan fingerprint density at radius 3 is 2.77 bits per heavy atom. The maximum atomic E-state index is 11.8. The molecule has 0 amide bonds. The van der Waals surface area contributed by atoms with E-state index in [1.165, 1.54) is 12.3 Å². The quantitative estimate of drug-likeness (QED) is 0.697. The molecule has 6 heteroatoms. The van der Waals surface area contributed by atoms with Crippen molar-refractivity contribution in [3.8, 4) is 0 Å². The number of rotatable bonds is 3. The van der Waals surface area contributed by atoms with Gasteiger partial charge in [0.15, 0.2) is 6.20 Å². The van der Waals surface area contributed by atoms with Crippen LogP contribution in [0.4, 0.5) is 8.78 Å². The number of hydrogen-bond acceptors (Lipinski definition) is 2. The van der Waals surface area contributed by atoms with Crippen molar-refractivity contribution < 1.29 is 23.4 Å². The molecule has 1 aromatic heterocycles. The molecule has 0 aliphatic rings. The number of hydrogen-bond donors (Lipinski definition) is 1. The smallest absolute Gasteiger partial charge is 0.337 e. The summed E-state index contributed by atoms with van der Waals surface area (Å²) in [6.07, 6.45) is -0.256. The van der Waals surface area contributed by atoms with Crippen molar-refractivity contribution in [2.75, 3.05) is 0 Å². The first-order valence-electron chi connectivity index (χ1n) is 3.47. The van der Waals surface area contributed by atoms with Crippen molar-refractivity contribution in [3.05, 3.63) is 24.0 Å². The summed E-state index contributed by atoms with van der Waals surface area (Å²) in [5.74, 6) is -1.13. The Morgan fingerprint density at radius 2 is 2.38 bits per heavy atom. The van der Waals surface area contributed by atoms with Gasteiger partial charge in [0.1, 0.15) is 6.20 Å². The van der Waals surface area contributed by atoms with Gasteiger partial charge in [-0.25, -0.2) is 13.6 Å². The van der Waals surface area contributed by atoms with Crippen LogP contribution in [0, 0.1) is 0 Å². The molecule has 1 aromatic rings. The summed E-state index contributed by atoms with van der Waals surface area (Å²) in [4.78, 5) is 10.3. The summed E-state index contributed by atoms with van der Waals surface area (Å²) < 4.78 is 24.6. The Hall–Kier alpha value is -1.59. The highest BCUT2D eigenvalue weighted by molar-refractivity contribution is 5.86. The second-order valence-corrected chi connectivity index (χ2v) is 2.33. The van der Waals surface area contributed by atoms with Crippen LogP contribution in [-0.2, 0) is 6.54 Å². The molecule has 0 saturated carbocycles. The molecule has 0 radical (unpaired) electrons. The van der Waals surface area contributed by atoms with Gasteiger partial charge in [0, 0.05) is 6.07 Å². The van der Waals surface area contributed by atoms with E-state index in [9.17, 15) is 13.6 Å². The van der Waals surface area contributed by atoms with E-state index in [4.69, 9.17) is 5.11 Å². The highest BCUT2D eigenvalue weighted by Gasteiger charge is 2.13. The zero-order chi connectivity index (χ0) is 9.84. The number of aromatic carboxylic acids is 1. The van der Waals surface area contributed by atoms with Gasteiger partial charge >= 0.3 is 5.97 Å². The maximum absolute atomic E-state index is 11.8. The third-order valence-electron chi connectivity index (χ3n) is 1.34. The molecule has 13 heavy (non-hydrogen) atoms. The van der Waals surface area contributed by atoms with Gasteiger partial charge in [0.25, 0.3) is 6.43 Å². The van der Waals surface area contributed by atoms with Crippen molar-refractivity contribution in [1.29, 1.82) is 0 Å². The van der Waals surface area contributed by atoms with E-state index in [0.29, 0.717) is 0 Å². The second kappa shape index (κ2) is 3.88. The largest absolute Gasteiger partial charge is 0.478 e. The number of aromatic nitrogens is 2. The van der Waals surface area contributed by atoms with Crippen LogP contribution < -0.4 is 4.68 Å². The van der Waals surface area contributed by atoms with Crippen LogP contribution in [-0.4, -0.2) is 22.6 Å². The van der Waals surface area contributed by atoms with Crippen LogP contribution in [0.5, 0.6) is 0 Å². The maximum Gasteiger partial charge on any atom is 0.337 e. The van der Waals surface area contributed by atoms with Gasteiger partial charge in [-0.1, -0.05) is 4.68 Å². The summed E-state index contributed by atoms with van der Waals surface area (Å²) in [7, 11) is 0. The average Bonchev–Trinajstić information content (AvgIpc) is 2.04. The van der Waals surface area contributed by atoms with Gasteiger partial charge in [-0.3, -0.25) is 0 Å². The molecule has 1 heterocycles. The third-order valence-corrected chi connectivity index (χ3v) is 1.34. The lowest BCUT2D eigenvalue weighted by Crippen LogP contribution is -2.40. The van der Waals surface area contributed by atoms with E-state index >= 15 is 0 Å². The Labute approximate surface area is 72.4 Å². The molecule has 4 nitrogen and oxygen atoms in total. The predicted octanol–water partition coefficient (Wildman–Crippen LogP) is 0.332. The van der Waals surface area contributed by atoms with Gasteiger partial charge in [0.05, 0.1) is 5.56 Å². The van der Waals surface area contributed by atoms with E-state index in [0.717, 1.165) is 10.9 Å². The minimum atomic E-state index is -2.49. The Bertz CT molecular complexity index is 300. The summed E-state index contributed by atoms with van der Waals surface area (Å²) >= 11 is 0. The topological polar surface area (TPSA) is 54.1 Å². The Balaban J connectivity index is 2.75. The minimum absolute atomic E-state index is 0.0227. The molecule has 1 rings (SSSR count). The standard InChI is InChI=1S/C7H6F2N2O2/c8-6(9)4-11-2-1-5(3-10-11)7(12)13/h1-3,6H,4H2/p+1. The summed E-state index contributed by atoms with van der Waals surface area (Å²) in [6.45, 7) is -0.528. The monoisotopic (exact) mass is 189 g/mol. The van der Waals surface area contributed by atoms with Crippen LogP contribution in [0.1, 0.15) is 10.4 Å². The molecular weight excluding hydrogens is 182 g/mol. The summed E-state index contributed by atoms with van der Waals surface area (Å²) in [6, 6.07) is 1.22. The fraction of sp³-hybridized carbons (Fsp3) is 0.286. The third kappa shape index (κ3) is 2.73. The second-order valence-electron chi connectivity index (χ2n) is 2.33. The number of carboxylic acid groups (broad SMARTS) is 1. The number of alkyl halides is 2. The molecule has 0 atom stereocenters. The van der Waals surface area contributed by atoms with Crippen LogP contribution in [0.3, 0.4) is 0 Å². The lowest BCUT2D eigenvalue weighted by atomic mass is 10.3. The molecule has 0 saturated heterocycles. The lowest BCUT2D eigenvalue weighted by Gasteiger charge is -1.93. The van der Waals surface area contributed by atoms with Crippen molar-refractivity contribution >= 4 is 5.97 Å². The molecule has 0 aromatic carbocycles. The molecular formula is C7H7F2N2O2+. The number of carboxylic acids is 1. The van der Waals surface area contributed by atoms with E-state index < -0.39 is 18.9 Å². The van der Waals surface area contributed by atoms with Crippen molar-refractivity contribution in [2.45, 2.75) is 13.0 Å². The zero-order valence-electron chi connectivity index (χ0n) is 6.52. The Morgan fingerprint density at radius 1 is 1.69 bits per heavy atom. The first-order valence-corrected chi connectivity index (χ1v) is 3.47. The van der Waals surface area contributed by atoms with Crippen molar-refractivity contribution in [3.63, 3.8) is 0 Å². The van der Waals surface area contributed by atoms with Gasteiger partial charge in [-0.15, -0.1) is 0 Å². The average molecular weight is 189 g/mol. The first-order chi connectivity index (χ1) is 6.09. The summed E-state index contributed by atoms with van der Waals surface area (Å²) in [5.41, 5.74) is -0.0227. The van der Waals surface area contributed by atoms with Crippen LogP contribution in [0.15, 0.2) is 18.5 Å². The van der Waals surface area contributed by atoms with Crippen LogP contribution in [0.2, 0.25) is 0 Å². The fourth-order valence-corrected chi connectivity index (χ4v) is 0.760. The SMILES string of the molecule is O=C(O)c1cc[n+](CC(F)F)nc1. The van der Waals surface area contributed by atoms with E-state index in [2.05, 4.69) is 5.10 Å². The molecule has 0 unspecified atom stereocenters. The van der Waals surface area contributed by atoms with E-state index in [1.807, 2.05) is 0 Å². The zero-order valence-corrected chi connectivity index (χ0v) is 6.52. The predicted molar refractivity (Wildman–Crippen MR) is 37.4 cm³/mol. The van der Waals surface area contributed by atoms with Crippen molar-refractivity contribution in [2.24, 2.45) is 0 Å². The molecule has 0 aliphatic carbocycles. The minimum Gasteiger partial charge on any atom is -0.478 e. The highest BCUT2D eigenvalue weighted by Crippen LogP contribution is 1.93. The molecule has 70 valence electrons. The molecule has 1 N–H and O–H groups in total. The number of halogens is 2. The van der Waals surface area contributed by atoms with Gasteiger partial charge in [0.2, 0.25) is 6.54 Å². The number of nitrogens with zero attached hydrogens (tertiary/aromatic N) is 2. The molecule has 0 aliphatic heterocycles. The van der Waals surface area contributed by atoms with E-state index in [1.54, 1.807) is 0 Å².